The zero-order valence-corrected chi connectivity index (χ0v) is 14.3. The second kappa shape index (κ2) is 7.83. The summed E-state index contributed by atoms with van der Waals surface area (Å²) in [7, 11) is 1.72. The molecule has 0 radical (unpaired) electrons. The van der Waals surface area contributed by atoms with Crippen molar-refractivity contribution in [2.24, 2.45) is 0 Å². The molecule has 25 heavy (non-hydrogen) atoms. The van der Waals surface area contributed by atoms with Gasteiger partial charge >= 0.3 is 6.03 Å². The minimum Gasteiger partial charge on any atom is -0.508 e. The van der Waals surface area contributed by atoms with E-state index in [0.717, 1.165) is 24.9 Å². The fraction of sp³-hybridized carbons (Fsp3) is 0.389. The van der Waals surface area contributed by atoms with Crippen molar-refractivity contribution >= 4 is 12.0 Å². The van der Waals surface area contributed by atoms with Gasteiger partial charge in [0.15, 0.2) is 0 Å². The largest absolute Gasteiger partial charge is 0.508 e. The minimum atomic E-state index is -0.149. The monoisotopic (exact) mass is 341 g/mol. The number of hydrogen-bond donors (Lipinski definition) is 2. The van der Waals surface area contributed by atoms with E-state index >= 15 is 0 Å². The average molecular weight is 341 g/mol. The lowest BCUT2D eigenvalue weighted by Crippen LogP contribution is -2.51. The Labute approximate surface area is 147 Å². The first kappa shape index (κ1) is 17.0. The van der Waals surface area contributed by atoms with Crippen molar-refractivity contribution in [3.8, 4) is 5.75 Å². The molecule has 0 bridgehead atoms. The summed E-state index contributed by atoms with van der Waals surface area (Å²) in [5.74, 6) is 0.899. The summed E-state index contributed by atoms with van der Waals surface area (Å²) >= 11 is 0. The van der Waals surface area contributed by atoms with E-state index in [9.17, 15) is 9.90 Å². The fourth-order valence-corrected chi connectivity index (χ4v) is 2.99. The molecule has 132 valence electrons. The van der Waals surface area contributed by atoms with Gasteiger partial charge in [0.2, 0.25) is 5.95 Å². The normalized spacial score (nSPS) is 17.2. The van der Waals surface area contributed by atoms with Crippen molar-refractivity contribution in [1.82, 2.24) is 20.2 Å². The highest BCUT2D eigenvalue weighted by Gasteiger charge is 2.24. The van der Waals surface area contributed by atoms with Crippen LogP contribution in [0.2, 0.25) is 0 Å². The van der Waals surface area contributed by atoms with Gasteiger partial charge in [0, 0.05) is 44.1 Å². The van der Waals surface area contributed by atoms with Gasteiger partial charge in [0.05, 0.1) is 6.54 Å². The number of piperidine rings is 1. The molecule has 2 aromatic rings. The number of amides is 2. The lowest BCUT2D eigenvalue weighted by Gasteiger charge is -2.34. The molecule has 1 aliphatic rings. The van der Waals surface area contributed by atoms with Crippen molar-refractivity contribution in [2.75, 3.05) is 25.0 Å². The van der Waals surface area contributed by atoms with Crippen LogP contribution < -0.4 is 10.2 Å². The number of benzene rings is 1. The number of aromatic nitrogens is 2. The molecule has 2 N–H and O–H groups in total. The summed E-state index contributed by atoms with van der Waals surface area (Å²) in [6.07, 6.45) is 5.36. The first-order valence-electron chi connectivity index (χ1n) is 8.44. The predicted octanol–water partition coefficient (Wildman–Crippen LogP) is 1.99. The Balaban J connectivity index is 1.56. The Morgan fingerprint density at radius 1 is 1.32 bits per heavy atom. The Bertz CT molecular complexity index is 710. The minimum absolute atomic E-state index is 0.0527. The van der Waals surface area contributed by atoms with E-state index in [4.69, 9.17) is 0 Å². The van der Waals surface area contributed by atoms with Gasteiger partial charge in [0.1, 0.15) is 5.75 Å². The van der Waals surface area contributed by atoms with Crippen LogP contribution in [0.25, 0.3) is 0 Å². The number of rotatable bonds is 4. The van der Waals surface area contributed by atoms with Crippen LogP contribution in [0.4, 0.5) is 10.7 Å². The van der Waals surface area contributed by atoms with E-state index in [1.807, 2.05) is 12.1 Å². The third-order valence-corrected chi connectivity index (χ3v) is 4.33. The number of carbonyl (C=O) groups excluding carboxylic acids is 1. The molecule has 0 saturated carbocycles. The third-order valence-electron chi connectivity index (χ3n) is 4.33. The highest BCUT2D eigenvalue weighted by molar-refractivity contribution is 5.74. The van der Waals surface area contributed by atoms with E-state index in [-0.39, 0.29) is 17.8 Å². The number of hydrogen-bond acceptors (Lipinski definition) is 5. The zero-order valence-electron chi connectivity index (χ0n) is 14.3. The molecule has 1 aromatic carbocycles. The molecule has 1 saturated heterocycles. The number of para-hydroxylation sites is 1. The summed E-state index contributed by atoms with van der Waals surface area (Å²) in [5, 5.41) is 12.9. The number of urea groups is 1. The molecule has 3 rings (SSSR count). The SMILES string of the molecule is CN(Cc1ccccc1O)C(=O)N[C@@H]1CCCN(c2ncccn2)C1. The van der Waals surface area contributed by atoms with E-state index in [1.165, 1.54) is 0 Å². The summed E-state index contributed by atoms with van der Waals surface area (Å²) in [6.45, 7) is 1.95. The van der Waals surface area contributed by atoms with Crippen LogP contribution in [0.3, 0.4) is 0 Å². The number of carbonyl (C=O) groups is 1. The van der Waals surface area contributed by atoms with Crippen molar-refractivity contribution in [3.05, 3.63) is 48.3 Å². The van der Waals surface area contributed by atoms with Crippen molar-refractivity contribution in [1.29, 1.82) is 0 Å². The maximum Gasteiger partial charge on any atom is 0.317 e. The molecule has 0 spiro atoms. The maximum absolute atomic E-state index is 12.5. The number of phenols is 1. The molecule has 2 heterocycles. The van der Waals surface area contributed by atoms with Crippen LogP contribution in [0.5, 0.6) is 5.75 Å². The van der Waals surface area contributed by atoms with Gasteiger partial charge in [-0.15, -0.1) is 0 Å². The van der Waals surface area contributed by atoms with Crippen molar-refractivity contribution < 1.29 is 9.90 Å². The van der Waals surface area contributed by atoms with Crippen LogP contribution in [0.15, 0.2) is 42.7 Å². The predicted molar refractivity (Wildman–Crippen MR) is 95.4 cm³/mol. The van der Waals surface area contributed by atoms with Gasteiger partial charge in [-0.05, 0) is 25.0 Å². The third kappa shape index (κ3) is 4.37. The second-order valence-corrected chi connectivity index (χ2v) is 6.27. The summed E-state index contributed by atoms with van der Waals surface area (Å²) in [6, 6.07) is 8.75. The molecule has 2 amide bonds. The number of nitrogens with zero attached hydrogens (tertiary/aromatic N) is 4. The lowest BCUT2D eigenvalue weighted by atomic mass is 10.1. The van der Waals surface area contributed by atoms with Gasteiger partial charge in [-0.25, -0.2) is 14.8 Å². The lowest BCUT2D eigenvalue weighted by molar-refractivity contribution is 0.200. The number of anilines is 1. The van der Waals surface area contributed by atoms with Crippen molar-refractivity contribution in [3.63, 3.8) is 0 Å². The van der Waals surface area contributed by atoms with Gasteiger partial charge in [-0.3, -0.25) is 0 Å². The van der Waals surface area contributed by atoms with Gasteiger partial charge in [-0.1, -0.05) is 18.2 Å². The maximum atomic E-state index is 12.5. The number of phenolic OH excluding ortho intramolecular Hbond substituents is 1. The first-order valence-corrected chi connectivity index (χ1v) is 8.44. The van der Waals surface area contributed by atoms with Crippen molar-refractivity contribution in [2.45, 2.75) is 25.4 Å². The van der Waals surface area contributed by atoms with Crippen LogP contribution >= 0.6 is 0 Å². The Kier molecular flexibility index (Phi) is 5.33. The Morgan fingerprint density at radius 3 is 2.84 bits per heavy atom. The van der Waals surface area contributed by atoms with E-state index < -0.39 is 0 Å². The molecule has 1 aromatic heterocycles. The molecule has 0 aliphatic carbocycles. The highest BCUT2D eigenvalue weighted by atomic mass is 16.3. The van der Waals surface area contributed by atoms with Crippen LogP contribution in [0, 0.1) is 0 Å². The smallest absolute Gasteiger partial charge is 0.317 e. The van der Waals surface area contributed by atoms with E-state index in [2.05, 4.69) is 20.2 Å². The Morgan fingerprint density at radius 2 is 2.08 bits per heavy atom. The molecular formula is C18H23N5O2. The van der Waals surface area contributed by atoms with Gasteiger partial charge in [0.25, 0.3) is 0 Å². The average Bonchev–Trinajstić information content (AvgIpc) is 2.64. The van der Waals surface area contributed by atoms with Crippen LogP contribution in [-0.4, -0.2) is 52.2 Å². The highest BCUT2D eigenvalue weighted by Crippen LogP contribution is 2.18. The molecule has 7 heteroatoms. The van der Waals surface area contributed by atoms with E-state index in [1.54, 1.807) is 42.5 Å². The first-order chi connectivity index (χ1) is 12.1. The number of nitrogens with one attached hydrogen (secondary N) is 1. The molecular weight excluding hydrogens is 318 g/mol. The van der Waals surface area contributed by atoms with Gasteiger partial charge in [-0.2, -0.15) is 0 Å². The summed E-state index contributed by atoms with van der Waals surface area (Å²) in [4.78, 5) is 24.7. The fourth-order valence-electron chi connectivity index (χ4n) is 2.99. The molecule has 0 unspecified atom stereocenters. The summed E-state index contributed by atoms with van der Waals surface area (Å²) in [5.41, 5.74) is 0.725. The van der Waals surface area contributed by atoms with Crippen LogP contribution in [-0.2, 0) is 6.54 Å². The summed E-state index contributed by atoms with van der Waals surface area (Å²) < 4.78 is 0. The van der Waals surface area contributed by atoms with E-state index in [0.29, 0.717) is 19.0 Å². The quantitative estimate of drug-likeness (QED) is 0.889. The Hall–Kier alpha value is -2.83. The molecule has 1 atom stereocenters. The van der Waals surface area contributed by atoms with Crippen LogP contribution in [0.1, 0.15) is 18.4 Å². The molecule has 1 aliphatic heterocycles. The standard InChI is InChI=1S/C18H23N5O2/c1-22(12-14-6-2-3-8-16(14)24)18(25)21-15-7-4-11-23(13-15)17-19-9-5-10-20-17/h2-3,5-6,8-10,15,24H,4,7,11-13H2,1H3,(H,21,25)/t15-/m1/s1. The number of aromatic hydroxyl groups is 1. The zero-order chi connectivity index (χ0) is 17.6. The molecule has 1 fully saturated rings. The topological polar surface area (TPSA) is 81.6 Å². The van der Waals surface area contributed by atoms with Gasteiger partial charge < -0.3 is 20.2 Å². The second-order valence-electron chi connectivity index (χ2n) is 6.27. The molecule has 7 nitrogen and oxygen atoms in total.